The first kappa shape index (κ1) is 22.4. The number of amides is 1. The van der Waals surface area contributed by atoms with Crippen LogP contribution in [-0.4, -0.2) is 48.5 Å². The molecule has 2 aromatic rings. The van der Waals surface area contributed by atoms with Crippen molar-refractivity contribution in [3.63, 3.8) is 0 Å². The number of nitrogens with one attached hydrogen (secondary N) is 1. The molecule has 0 fully saturated rings. The van der Waals surface area contributed by atoms with Crippen LogP contribution in [0.1, 0.15) is 19.4 Å². The van der Waals surface area contributed by atoms with Gasteiger partial charge in [0.2, 0.25) is 15.9 Å². The number of aromatic hydroxyl groups is 1. The van der Waals surface area contributed by atoms with Crippen LogP contribution in [0, 0.1) is 0 Å². The van der Waals surface area contributed by atoms with Gasteiger partial charge in [-0.2, -0.15) is 4.31 Å². The SMILES string of the molecule is CCN(CC)S(=O)(=O)c1ccc(=O)n(CC(=O)NCc2ccc(O)c(OC)c2)c1. The van der Waals surface area contributed by atoms with Crippen LogP contribution in [0.25, 0.3) is 0 Å². The molecule has 0 bridgehead atoms. The fourth-order valence-corrected chi connectivity index (χ4v) is 4.22. The number of rotatable bonds is 9. The number of pyridine rings is 1. The third kappa shape index (κ3) is 5.36. The number of sulfonamides is 1. The second-order valence-electron chi connectivity index (χ2n) is 6.20. The molecular weight excluding hydrogens is 398 g/mol. The summed E-state index contributed by atoms with van der Waals surface area (Å²) >= 11 is 0. The molecule has 10 heteroatoms. The first-order chi connectivity index (χ1) is 13.7. The lowest BCUT2D eigenvalue weighted by Crippen LogP contribution is -2.34. The average molecular weight is 423 g/mol. The van der Waals surface area contributed by atoms with E-state index < -0.39 is 21.5 Å². The van der Waals surface area contributed by atoms with Gasteiger partial charge < -0.3 is 19.7 Å². The van der Waals surface area contributed by atoms with Gasteiger partial charge in [0.05, 0.1) is 12.0 Å². The molecule has 0 spiro atoms. The number of carbonyl (C=O) groups excluding carboxylic acids is 1. The van der Waals surface area contributed by atoms with Gasteiger partial charge in [0.1, 0.15) is 6.54 Å². The zero-order valence-corrected chi connectivity index (χ0v) is 17.4. The predicted molar refractivity (Wildman–Crippen MR) is 107 cm³/mol. The van der Waals surface area contributed by atoms with Crippen molar-refractivity contribution in [3.8, 4) is 11.5 Å². The van der Waals surface area contributed by atoms with Crippen LogP contribution in [0.5, 0.6) is 11.5 Å². The zero-order chi connectivity index (χ0) is 21.6. The van der Waals surface area contributed by atoms with Gasteiger partial charge in [0, 0.05) is 31.9 Å². The maximum atomic E-state index is 12.6. The van der Waals surface area contributed by atoms with Gasteiger partial charge in [0.15, 0.2) is 11.5 Å². The summed E-state index contributed by atoms with van der Waals surface area (Å²) in [6, 6.07) is 7.04. The Morgan fingerprint density at radius 3 is 2.52 bits per heavy atom. The molecule has 1 amide bonds. The standard InChI is InChI=1S/C19H25N3O6S/c1-4-22(5-2)29(26,27)15-7-9-19(25)21(12-15)13-18(24)20-11-14-6-8-16(23)17(10-14)28-3/h6-10,12,23H,4-5,11,13H2,1-3H3,(H,20,24). The number of ether oxygens (including phenoxy) is 1. The van der Waals surface area contributed by atoms with E-state index in [4.69, 9.17) is 4.74 Å². The molecule has 0 aliphatic heterocycles. The normalized spacial score (nSPS) is 11.4. The van der Waals surface area contributed by atoms with E-state index >= 15 is 0 Å². The number of carbonyl (C=O) groups is 1. The summed E-state index contributed by atoms with van der Waals surface area (Å²) in [5.41, 5.74) is 0.211. The summed E-state index contributed by atoms with van der Waals surface area (Å²) in [5.74, 6) is -0.195. The fraction of sp³-hybridized carbons (Fsp3) is 0.368. The van der Waals surface area contributed by atoms with Crippen LogP contribution in [-0.2, 0) is 27.9 Å². The Morgan fingerprint density at radius 1 is 1.21 bits per heavy atom. The Labute approximate surface area is 169 Å². The number of aromatic nitrogens is 1. The van der Waals surface area contributed by atoms with E-state index in [1.165, 1.54) is 29.7 Å². The molecule has 1 aromatic heterocycles. The summed E-state index contributed by atoms with van der Waals surface area (Å²) in [6.45, 7) is 3.88. The lowest BCUT2D eigenvalue weighted by molar-refractivity contribution is -0.121. The van der Waals surface area contributed by atoms with E-state index in [9.17, 15) is 23.1 Å². The van der Waals surface area contributed by atoms with E-state index in [0.717, 1.165) is 10.6 Å². The van der Waals surface area contributed by atoms with Gasteiger partial charge in [-0.15, -0.1) is 0 Å². The molecule has 0 saturated heterocycles. The monoisotopic (exact) mass is 423 g/mol. The minimum absolute atomic E-state index is 0.0136. The summed E-state index contributed by atoms with van der Waals surface area (Å²) in [5, 5.41) is 12.3. The molecule has 0 atom stereocenters. The van der Waals surface area contributed by atoms with Crippen molar-refractivity contribution in [1.29, 1.82) is 0 Å². The molecule has 0 aliphatic rings. The van der Waals surface area contributed by atoms with Crippen molar-refractivity contribution in [3.05, 3.63) is 52.4 Å². The number of methoxy groups -OCH3 is 1. The van der Waals surface area contributed by atoms with Crippen LogP contribution in [0.3, 0.4) is 0 Å². The number of phenols is 1. The number of hydrogen-bond acceptors (Lipinski definition) is 6. The Kier molecular flexibility index (Phi) is 7.40. The maximum absolute atomic E-state index is 12.6. The van der Waals surface area contributed by atoms with Crippen LogP contribution >= 0.6 is 0 Å². The predicted octanol–water partition coefficient (Wildman–Crippen LogP) is 0.909. The molecule has 0 aliphatic carbocycles. The minimum Gasteiger partial charge on any atom is -0.504 e. The molecular formula is C19H25N3O6S. The molecule has 1 heterocycles. The zero-order valence-electron chi connectivity index (χ0n) is 16.6. The largest absolute Gasteiger partial charge is 0.504 e. The van der Waals surface area contributed by atoms with Gasteiger partial charge in [-0.1, -0.05) is 19.9 Å². The second-order valence-corrected chi connectivity index (χ2v) is 8.14. The average Bonchev–Trinajstić information content (AvgIpc) is 2.69. The molecule has 0 saturated carbocycles. The van der Waals surface area contributed by atoms with Crippen LogP contribution in [0.2, 0.25) is 0 Å². The summed E-state index contributed by atoms with van der Waals surface area (Å²) in [7, 11) is -2.32. The topological polar surface area (TPSA) is 118 Å². The third-order valence-corrected chi connectivity index (χ3v) is 6.38. The van der Waals surface area contributed by atoms with E-state index in [-0.39, 0.29) is 29.5 Å². The van der Waals surface area contributed by atoms with Gasteiger partial charge in [-0.3, -0.25) is 9.59 Å². The number of nitrogens with zero attached hydrogens (tertiary/aromatic N) is 2. The quantitative estimate of drug-likeness (QED) is 0.619. The molecule has 0 unspecified atom stereocenters. The highest BCUT2D eigenvalue weighted by molar-refractivity contribution is 7.89. The highest BCUT2D eigenvalue weighted by Crippen LogP contribution is 2.26. The van der Waals surface area contributed by atoms with Crippen LogP contribution in [0.15, 0.2) is 46.2 Å². The minimum atomic E-state index is -3.74. The van der Waals surface area contributed by atoms with Crippen LogP contribution in [0.4, 0.5) is 0 Å². The Morgan fingerprint density at radius 2 is 1.90 bits per heavy atom. The fourth-order valence-electron chi connectivity index (χ4n) is 2.74. The van der Waals surface area contributed by atoms with Gasteiger partial charge in [-0.25, -0.2) is 8.42 Å². The molecule has 158 valence electrons. The molecule has 29 heavy (non-hydrogen) atoms. The first-order valence-electron chi connectivity index (χ1n) is 9.06. The van der Waals surface area contributed by atoms with E-state index in [0.29, 0.717) is 18.7 Å². The molecule has 2 rings (SSSR count). The van der Waals surface area contributed by atoms with Crippen LogP contribution < -0.4 is 15.6 Å². The number of phenolic OH excluding ortho intramolecular Hbond substituents is 1. The van der Waals surface area contributed by atoms with Crippen molar-refractivity contribution >= 4 is 15.9 Å². The summed E-state index contributed by atoms with van der Waals surface area (Å²) in [4.78, 5) is 24.3. The molecule has 2 N–H and O–H groups in total. The third-order valence-electron chi connectivity index (χ3n) is 4.35. The summed E-state index contributed by atoms with van der Waals surface area (Å²) < 4.78 is 32.6. The molecule has 0 radical (unpaired) electrons. The second kappa shape index (κ2) is 9.57. The molecule has 9 nitrogen and oxygen atoms in total. The highest BCUT2D eigenvalue weighted by atomic mass is 32.2. The summed E-state index contributed by atoms with van der Waals surface area (Å²) in [6.07, 6.45) is 1.18. The lowest BCUT2D eigenvalue weighted by atomic mass is 10.2. The van der Waals surface area contributed by atoms with E-state index in [1.807, 2.05) is 0 Å². The smallest absolute Gasteiger partial charge is 0.251 e. The maximum Gasteiger partial charge on any atom is 0.251 e. The van der Waals surface area contributed by atoms with Crippen molar-refractivity contribution in [2.75, 3.05) is 20.2 Å². The van der Waals surface area contributed by atoms with E-state index in [1.54, 1.807) is 26.0 Å². The number of hydrogen-bond donors (Lipinski definition) is 2. The highest BCUT2D eigenvalue weighted by Gasteiger charge is 2.22. The Bertz CT molecular complexity index is 1030. The first-order valence-corrected chi connectivity index (χ1v) is 10.5. The van der Waals surface area contributed by atoms with Gasteiger partial charge in [0.25, 0.3) is 5.56 Å². The van der Waals surface area contributed by atoms with Crippen molar-refractivity contribution in [2.24, 2.45) is 0 Å². The van der Waals surface area contributed by atoms with Gasteiger partial charge >= 0.3 is 0 Å². The lowest BCUT2D eigenvalue weighted by Gasteiger charge is -2.19. The van der Waals surface area contributed by atoms with Crippen molar-refractivity contribution in [1.82, 2.24) is 14.2 Å². The Balaban J connectivity index is 2.13. The molecule has 1 aromatic carbocycles. The number of benzene rings is 1. The Hall–Kier alpha value is -2.85. The van der Waals surface area contributed by atoms with Crippen molar-refractivity contribution < 1.29 is 23.1 Å². The van der Waals surface area contributed by atoms with Gasteiger partial charge in [-0.05, 0) is 23.8 Å². The van der Waals surface area contributed by atoms with E-state index in [2.05, 4.69) is 5.32 Å². The van der Waals surface area contributed by atoms with Crippen molar-refractivity contribution in [2.45, 2.75) is 31.8 Å².